The SMILES string of the molecule is COc1ccc(/C=C(/C(=O)NC(C)C(C)C)c2ccccc2)cc1. The van der Waals surface area contributed by atoms with Gasteiger partial charge in [-0.3, -0.25) is 4.79 Å². The number of methoxy groups -OCH3 is 1. The number of carbonyl (C=O) groups is 1. The van der Waals surface area contributed by atoms with Gasteiger partial charge in [0.15, 0.2) is 0 Å². The fourth-order valence-corrected chi connectivity index (χ4v) is 2.22. The lowest BCUT2D eigenvalue weighted by Gasteiger charge is -2.19. The quantitative estimate of drug-likeness (QED) is 0.632. The Morgan fingerprint density at radius 3 is 2.17 bits per heavy atom. The summed E-state index contributed by atoms with van der Waals surface area (Å²) in [7, 11) is 1.64. The second-order valence-electron chi connectivity index (χ2n) is 6.20. The summed E-state index contributed by atoms with van der Waals surface area (Å²) in [5.41, 5.74) is 2.53. The highest BCUT2D eigenvalue weighted by Gasteiger charge is 2.16. The fourth-order valence-electron chi connectivity index (χ4n) is 2.22. The molecule has 0 heterocycles. The lowest BCUT2D eigenvalue weighted by molar-refractivity contribution is -0.116. The highest BCUT2D eigenvalue weighted by atomic mass is 16.5. The van der Waals surface area contributed by atoms with Crippen molar-refractivity contribution in [3.8, 4) is 5.75 Å². The van der Waals surface area contributed by atoms with E-state index in [1.165, 1.54) is 0 Å². The molecule has 2 aromatic carbocycles. The van der Waals surface area contributed by atoms with Gasteiger partial charge in [0.25, 0.3) is 5.91 Å². The van der Waals surface area contributed by atoms with E-state index in [0.717, 1.165) is 16.9 Å². The summed E-state index contributed by atoms with van der Waals surface area (Å²) in [6, 6.07) is 17.5. The van der Waals surface area contributed by atoms with Crippen LogP contribution < -0.4 is 10.1 Å². The van der Waals surface area contributed by atoms with Gasteiger partial charge >= 0.3 is 0 Å². The molecule has 1 atom stereocenters. The van der Waals surface area contributed by atoms with Crippen LogP contribution in [0.3, 0.4) is 0 Å². The van der Waals surface area contributed by atoms with E-state index in [1.54, 1.807) is 7.11 Å². The molecule has 1 unspecified atom stereocenters. The van der Waals surface area contributed by atoms with E-state index in [0.29, 0.717) is 11.5 Å². The van der Waals surface area contributed by atoms with Crippen molar-refractivity contribution in [2.45, 2.75) is 26.8 Å². The zero-order valence-corrected chi connectivity index (χ0v) is 14.7. The van der Waals surface area contributed by atoms with E-state index >= 15 is 0 Å². The standard InChI is InChI=1S/C21H25NO2/c1-15(2)16(3)22-21(23)20(18-8-6-5-7-9-18)14-17-10-12-19(24-4)13-11-17/h5-16H,1-4H3,(H,22,23)/b20-14+. The van der Waals surface area contributed by atoms with Crippen LogP contribution in [-0.2, 0) is 4.79 Å². The molecule has 0 spiro atoms. The molecule has 0 aliphatic rings. The van der Waals surface area contributed by atoms with Gasteiger partial charge in [-0.1, -0.05) is 56.3 Å². The maximum atomic E-state index is 12.8. The van der Waals surface area contributed by atoms with Crippen LogP contribution in [0.25, 0.3) is 11.6 Å². The van der Waals surface area contributed by atoms with E-state index in [2.05, 4.69) is 19.2 Å². The molecule has 0 aromatic heterocycles. The Morgan fingerprint density at radius 1 is 1.00 bits per heavy atom. The van der Waals surface area contributed by atoms with Gasteiger partial charge in [-0.25, -0.2) is 0 Å². The molecular formula is C21H25NO2. The summed E-state index contributed by atoms with van der Waals surface area (Å²) in [6.45, 7) is 6.22. The van der Waals surface area contributed by atoms with Gasteiger partial charge in [-0.2, -0.15) is 0 Å². The third-order valence-electron chi connectivity index (χ3n) is 4.11. The van der Waals surface area contributed by atoms with Gasteiger partial charge in [0.1, 0.15) is 5.75 Å². The minimum absolute atomic E-state index is 0.0572. The van der Waals surface area contributed by atoms with E-state index in [1.807, 2.05) is 67.6 Å². The Kier molecular flexibility index (Phi) is 6.19. The first-order chi connectivity index (χ1) is 11.5. The van der Waals surface area contributed by atoms with E-state index in [4.69, 9.17) is 4.74 Å². The van der Waals surface area contributed by atoms with E-state index in [-0.39, 0.29) is 11.9 Å². The van der Waals surface area contributed by atoms with E-state index < -0.39 is 0 Å². The average molecular weight is 323 g/mol. The Morgan fingerprint density at radius 2 is 1.62 bits per heavy atom. The molecule has 126 valence electrons. The second-order valence-corrected chi connectivity index (χ2v) is 6.20. The first-order valence-electron chi connectivity index (χ1n) is 8.23. The van der Waals surface area contributed by atoms with Crippen molar-refractivity contribution in [2.75, 3.05) is 7.11 Å². The normalized spacial score (nSPS) is 12.8. The van der Waals surface area contributed by atoms with Crippen molar-refractivity contribution in [3.63, 3.8) is 0 Å². The van der Waals surface area contributed by atoms with Crippen molar-refractivity contribution >= 4 is 17.6 Å². The molecule has 2 rings (SSSR count). The molecule has 2 aromatic rings. The first-order valence-corrected chi connectivity index (χ1v) is 8.23. The second kappa shape index (κ2) is 8.34. The molecule has 1 amide bonds. The van der Waals surface area contributed by atoms with Gasteiger partial charge in [0.05, 0.1) is 7.11 Å². The fraction of sp³-hybridized carbons (Fsp3) is 0.286. The van der Waals surface area contributed by atoms with Crippen molar-refractivity contribution in [3.05, 3.63) is 65.7 Å². The number of rotatable bonds is 6. The summed E-state index contributed by atoms with van der Waals surface area (Å²) in [5, 5.41) is 3.09. The van der Waals surface area contributed by atoms with Crippen LogP contribution in [0, 0.1) is 5.92 Å². The zero-order chi connectivity index (χ0) is 17.5. The molecule has 1 N–H and O–H groups in total. The molecule has 3 heteroatoms. The molecule has 0 aliphatic carbocycles. The summed E-state index contributed by atoms with van der Waals surface area (Å²) in [5.74, 6) is 1.12. The predicted molar refractivity (Wildman–Crippen MR) is 99.7 cm³/mol. The minimum Gasteiger partial charge on any atom is -0.497 e. The summed E-state index contributed by atoms with van der Waals surface area (Å²) in [4.78, 5) is 12.8. The van der Waals surface area contributed by atoms with E-state index in [9.17, 15) is 4.79 Å². The number of hydrogen-bond donors (Lipinski definition) is 1. The minimum atomic E-state index is -0.0572. The number of ether oxygens (including phenoxy) is 1. The molecule has 0 aliphatic heterocycles. The van der Waals surface area contributed by atoms with Crippen LogP contribution in [0.2, 0.25) is 0 Å². The van der Waals surface area contributed by atoms with Gasteiger partial charge < -0.3 is 10.1 Å². The molecular weight excluding hydrogens is 298 g/mol. The van der Waals surface area contributed by atoms with Crippen molar-refractivity contribution in [2.24, 2.45) is 5.92 Å². The monoisotopic (exact) mass is 323 g/mol. The van der Waals surface area contributed by atoms with Crippen molar-refractivity contribution in [1.29, 1.82) is 0 Å². The smallest absolute Gasteiger partial charge is 0.252 e. The average Bonchev–Trinajstić information content (AvgIpc) is 2.60. The highest BCUT2D eigenvalue weighted by molar-refractivity contribution is 6.24. The molecule has 0 bridgehead atoms. The van der Waals surface area contributed by atoms with Crippen LogP contribution in [0.4, 0.5) is 0 Å². The lowest BCUT2D eigenvalue weighted by atomic mass is 10.00. The topological polar surface area (TPSA) is 38.3 Å². The summed E-state index contributed by atoms with van der Waals surface area (Å²) < 4.78 is 5.19. The first kappa shape index (κ1) is 17.8. The van der Waals surface area contributed by atoms with Crippen LogP contribution in [0.5, 0.6) is 5.75 Å². The van der Waals surface area contributed by atoms with Gasteiger partial charge in [0, 0.05) is 11.6 Å². The Bertz CT molecular complexity index is 688. The number of amides is 1. The Hall–Kier alpha value is -2.55. The van der Waals surface area contributed by atoms with Crippen LogP contribution >= 0.6 is 0 Å². The molecule has 0 radical (unpaired) electrons. The van der Waals surface area contributed by atoms with Crippen molar-refractivity contribution in [1.82, 2.24) is 5.32 Å². The summed E-state index contributed by atoms with van der Waals surface area (Å²) >= 11 is 0. The van der Waals surface area contributed by atoms with Crippen LogP contribution in [0.15, 0.2) is 54.6 Å². The third-order valence-corrected chi connectivity index (χ3v) is 4.11. The zero-order valence-electron chi connectivity index (χ0n) is 14.7. The molecule has 0 saturated heterocycles. The lowest BCUT2D eigenvalue weighted by Crippen LogP contribution is -2.36. The molecule has 0 fully saturated rings. The number of nitrogens with one attached hydrogen (secondary N) is 1. The van der Waals surface area contributed by atoms with Gasteiger partial charge in [-0.05, 0) is 42.2 Å². The largest absolute Gasteiger partial charge is 0.497 e. The van der Waals surface area contributed by atoms with Gasteiger partial charge in [-0.15, -0.1) is 0 Å². The summed E-state index contributed by atoms with van der Waals surface area (Å²) in [6.07, 6.45) is 1.91. The maximum absolute atomic E-state index is 12.8. The van der Waals surface area contributed by atoms with Crippen LogP contribution in [-0.4, -0.2) is 19.1 Å². The Labute approximate surface area is 144 Å². The molecule has 3 nitrogen and oxygen atoms in total. The predicted octanol–water partition coefficient (Wildman–Crippen LogP) is 4.40. The van der Waals surface area contributed by atoms with Crippen LogP contribution in [0.1, 0.15) is 31.9 Å². The molecule has 0 saturated carbocycles. The van der Waals surface area contributed by atoms with Gasteiger partial charge in [0.2, 0.25) is 0 Å². The molecule has 24 heavy (non-hydrogen) atoms. The van der Waals surface area contributed by atoms with Crippen molar-refractivity contribution < 1.29 is 9.53 Å². The maximum Gasteiger partial charge on any atom is 0.252 e. The number of hydrogen-bond acceptors (Lipinski definition) is 2. The highest BCUT2D eigenvalue weighted by Crippen LogP contribution is 2.21. The number of benzene rings is 2. The number of carbonyl (C=O) groups excluding carboxylic acids is 1. The Balaban J connectivity index is 2.35. The third kappa shape index (κ3) is 4.72.